The molecule has 0 saturated heterocycles. The zero-order valence-corrected chi connectivity index (χ0v) is 11.6. The first kappa shape index (κ1) is 13.6. The molecular formula is C16H19FN2. The first-order valence-electron chi connectivity index (χ1n) is 6.34. The molecule has 0 aromatic heterocycles. The van der Waals surface area contributed by atoms with Gasteiger partial charge < -0.3 is 10.2 Å². The summed E-state index contributed by atoms with van der Waals surface area (Å²) >= 11 is 0. The molecule has 0 spiro atoms. The lowest BCUT2D eigenvalue weighted by Crippen LogP contribution is -2.11. The minimum atomic E-state index is -0.207. The van der Waals surface area contributed by atoms with Crippen molar-refractivity contribution in [3.63, 3.8) is 0 Å². The summed E-state index contributed by atoms with van der Waals surface area (Å²) < 4.78 is 13.6. The molecule has 0 aliphatic heterocycles. The Labute approximate surface area is 113 Å². The number of aryl methyl sites for hydroxylation is 1. The van der Waals surface area contributed by atoms with E-state index >= 15 is 0 Å². The molecule has 0 unspecified atom stereocenters. The quantitative estimate of drug-likeness (QED) is 0.901. The van der Waals surface area contributed by atoms with Gasteiger partial charge in [0.1, 0.15) is 5.82 Å². The van der Waals surface area contributed by atoms with Gasteiger partial charge in [-0.25, -0.2) is 4.39 Å². The molecule has 0 radical (unpaired) electrons. The van der Waals surface area contributed by atoms with Gasteiger partial charge in [-0.3, -0.25) is 0 Å². The molecule has 2 aromatic carbocycles. The van der Waals surface area contributed by atoms with Crippen LogP contribution in [0.3, 0.4) is 0 Å². The smallest absolute Gasteiger partial charge is 0.125 e. The van der Waals surface area contributed by atoms with Crippen LogP contribution >= 0.6 is 0 Å². The Morgan fingerprint density at radius 1 is 1.05 bits per heavy atom. The number of hydrogen-bond acceptors (Lipinski definition) is 2. The van der Waals surface area contributed by atoms with Gasteiger partial charge in [0.15, 0.2) is 0 Å². The van der Waals surface area contributed by atoms with Crippen molar-refractivity contribution in [2.75, 3.05) is 19.0 Å². The van der Waals surface area contributed by atoms with E-state index in [4.69, 9.17) is 0 Å². The van der Waals surface area contributed by atoms with Crippen LogP contribution in [0, 0.1) is 12.7 Å². The largest absolute Gasteiger partial charge is 0.345 e. The fraction of sp³-hybridized carbons (Fsp3) is 0.250. The average molecular weight is 258 g/mol. The molecule has 0 aliphatic carbocycles. The van der Waals surface area contributed by atoms with Crippen molar-refractivity contribution in [2.24, 2.45) is 0 Å². The third kappa shape index (κ3) is 3.32. The molecule has 2 rings (SSSR count). The minimum Gasteiger partial charge on any atom is -0.345 e. The second-order valence-electron chi connectivity index (χ2n) is 4.74. The third-order valence-electron chi connectivity index (χ3n) is 3.13. The summed E-state index contributed by atoms with van der Waals surface area (Å²) in [7, 11) is 3.80. The number of rotatable bonds is 4. The highest BCUT2D eigenvalue weighted by Gasteiger charge is 2.07. The van der Waals surface area contributed by atoms with Gasteiger partial charge >= 0.3 is 0 Å². The van der Waals surface area contributed by atoms with E-state index in [2.05, 4.69) is 24.4 Å². The van der Waals surface area contributed by atoms with Crippen LogP contribution < -0.4 is 10.2 Å². The molecule has 2 aromatic rings. The molecular weight excluding hydrogens is 239 g/mol. The van der Waals surface area contributed by atoms with Crippen LogP contribution in [0.25, 0.3) is 0 Å². The lowest BCUT2D eigenvalue weighted by molar-refractivity contribution is 0.624. The van der Waals surface area contributed by atoms with E-state index in [-0.39, 0.29) is 5.82 Å². The second kappa shape index (κ2) is 5.85. The van der Waals surface area contributed by atoms with Crippen LogP contribution in [0.15, 0.2) is 42.5 Å². The van der Waals surface area contributed by atoms with Gasteiger partial charge in [-0.2, -0.15) is 0 Å². The first-order chi connectivity index (χ1) is 9.10. The zero-order valence-electron chi connectivity index (χ0n) is 11.6. The number of benzene rings is 2. The highest BCUT2D eigenvalue weighted by atomic mass is 19.1. The van der Waals surface area contributed by atoms with E-state index < -0.39 is 0 Å². The van der Waals surface area contributed by atoms with Gasteiger partial charge in [-0.05, 0) is 49.9 Å². The molecule has 1 N–H and O–H groups in total. The normalized spacial score (nSPS) is 10.5. The Morgan fingerprint density at radius 2 is 1.74 bits per heavy atom. The van der Waals surface area contributed by atoms with Crippen molar-refractivity contribution in [1.82, 2.24) is 5.32 Å². The molecule has 0 atom stereocenters. The minimum absolute atomic E-state index is 0.207. The number of anilines is 2. The van der Waals surface area contributed by atoms with Crippen LogP contribution in [0.5, 0.6) is 0 Å². The maximum absolute atomic E-state index is 13.6. The van der Waals surface area contributed by atoms with Crippen LogP contribution in [-0.4, -0.2) is 14.1 Å². The first-order valence-corrected chi connectivity index (χ1v) is 6.34. The van der Waals surface area contributed by atoms with Crippen molar-refractivity contribution in [2.45, 2.75) is 13.5 Å². The Morgan fingerprint density at radius 3 is 2.37 bits per heavy atom. The number of nitrogens with zero attached hydrogens (tertiary/aromatic N) is 1. The Kier molecular flexibility index (Phi) is 4.17. The highest BCUT2D eigenvalue weighted by molar-refractivity contribution is 5.63. The van der Waals surface area contributed by atoms with Gasteiger partial charge in [0.05, 0.1) is 0 Å². The summed E-state index contributed by atoms with van der Waals surface area (Å²) in [6.07, 6.45) is 0. The monoisotopic (exact) mass is 258 g/mol. The van der Waals surface area contributed by atoms with E-state index in [9.17, 15) is 4.39 Å². The molecule has 2 nitrogen and oxygen atoms in total. The Balaban J connectivity index is 2.32. The summed E-state index contributed by atoms with van der Waals surface area (Å²) in [4.78, 5) is 1.99. The molecule has 0 bridgehead atoms. The predicted molar refractivity (Wildman–Crippen MR) is 78.4 cm³/mol. The van der Waals surface area contributed by atoms with Crippen molar-refractivity contribution in [3.05, 3.63) is 59.4 Å². The van der Waals surface area contributed by atoms with E-state index in [1.807, 2.05) is 37.2 Å². The van der Waals surface area contributed by atoms with Crippen molar-refractivity contribution in [1.29, 1.82) is 0 Å². The molecule has 3 heteroatoms. The van der Waals surface area contributed by atoms with Gasteiger partial charge in [0.2, 0.25) is 0 Å². The van der Waals surface area contributed by atoms with E-state index in [1.54, 1.807) is 12.1 Å². The van der Waals surface area contributed by atoms with E-state index in [0.29, 0.717) is 6.54 Å². The fourth-order valence-electron chi connectivity index (χ4n) is 2.05. The van der Waals surface area contributed by atoms with Crippen LogP contribution in [0.1, 0.15) is 11.1 Å². The van der Waals surface area contributed by atoms with Crippen molar-refractivity contribution < 1.29 is 4.39 Å². The summed E-state index contributed by atoms with van der Waals surface area (Å²) in [6.45, 7) is 2.71. The number of halogens is 1. The Hall–Kier alpha value is -1.87. The SMILES string of the molecule is CNCc1cc(F)cc(N(C)c2ccc(C)cc2)c1. The highest BCUT2D eigenvalue weighted by Crippen LogP contribution is 2.25. The van der Waals surface area contributed by atoms with Crippen molar-refractivity contribution >= 4 is 11.4 Å². The van der Waals surface area contributed by atoms with E-state index in [1.165, 1.54) is 5.56 Å². The summed E-state index contributed by atoms with van der Waals surface area (Å²) in [5.41, 5.74) is 4.06. The fourth-order valence-corrected chi connectivity index (χ4v) is 2.05. The standard InChI is InChI=1S/C16H19FN2/c1-12-4-6-15(7-5-12)19(3)16-9-13(11-18-2)8-14(17)10-16/h4-10,18H,11H2,1-3H3. The summed E-state index contributed by atoms with van der Waals surface area (Å²) in [5.74, 6) is -0.207. The van der Waals surface area contributed by atoms with Crippen molar-refractivity contribution in [3.8, 4) is 0 Å². The maximum atomic E-state index is 13.6. The second-order valence-corrected chi connectivity index (χ2v) is 4.74. The molecule has 0 heterocycles. The lowest BCUT2D eigenvalue weighted by atomic mass is 10.1. The number of hydrogen-bond donors (Lipinski definition) is 1. The van der Waals surface area contributed by atoms with Gasteiger partial charge in [0.25, 0.3) is 0 Å². The molecule has 0 saturated carbocycles. The van der Waals surface area contributed by atoms with Crippen LogP contribution in [0.4, 0.5) is 15.8 Å². The van der Waals surface area contributed by atoms with E-state index in [0.717, 1.165) is 16.9 Å². The zero-order chi connectivity index (χ0) is 13.8. The summed E-state index contributed by atoms with van der Waals surface area (Å²) in [6, 6.07) is 13.3. The molecule has 0 aliphatic rings. The maximum Gasteiger partial charge on any atom is 0.125 e. The van der Waals surface area contributed by atoms with Gasteiger partial charge in [0, 0.05) is 25.0 Å². The van der Waals surface area contributed by atoms with Crippen LogP contribution in [-0.2, 0) is 6.54 Å². The Bertz CT molecular complexity index is 549. The van der Waals surface area contributed by atoms with Gasteiger partial charge in [-0.1, -0.05) is 17.7 Å². The molecule has 19 heavy (non-hydrogen) atoms. The summed E-state index contributed by atoms with van der Waals surface area (Å²) in [5, 5.41) is 3.04. The third-order valence-corrected chi connectivity index (χ3v) is 3.13. The predicted octanol–water partition coefficient (Wildman–Crippen LogP) is 3.62. The number of nitrogens with one attached hydrogen (secondary N) is 1. The topological polar surface area (TPSA) is 15.3 Å². The molecule has 100 valence electrons. The average Bonchev–Trinajstić information content (AvgIpc) is 2.38. The van der Waals surface area contributed by atoms with Gasteiger partial charge in [-0.15, -0.1) is 0 Å². The lowest BCUT2D eigenvalue weighted by Gasteiger charge is -2.20. The molecule has 0 fully saturated rings. The van der Waals surface area contributed by atoms with Crippen LogP contribution in [0.2, 0.25) is 0 Å². The molecule has 0 amide bonds.